The zero-order chi connectivity index (χ0) is 22.1. The molecule has 160 valence electrons. The number of methoxy groups -OCH3 is 1. The van der Waals surface area contributed by atoms with Gasteiger partial charge >= 0.3 is 6.18 Å². The Labute approximate surface area is 169 Å². The number of oxime groups is 1. The van der Waals surface area contributed by atoms with E-state index in [-0.39, 0.29) is 17.1 Å². The van der Waals surface area contributed by atoms with Crippen molar-refractivity contribution in [2.45, 2.75) is 11.1 Å². The van der Waals surface area contributed by atoms with E-state index in [1.54, 1.807) is 12.1 Å². The molecule has 2 aromatic carbocycles. The van der Waals surface area contributed by atoms with Crippen LogP contribution in [0.15, 0.2) is 58.6 Å². The van der Waals surface area contributed by atoms with Gasteiger partial charge in [0.1, 0.15) is 11.5 Å². The molecule has 0 saturated heterocycles. The summed E-state index contributed by atoms with van der Waals surface area (Å²) in [5.41, 5.74) is -1.55. The van der Waals surface area contributed by atoms with Gasteiger partial charge in [0.15, 0.2) is 5.71 Å². The average molecular weight is 453 g/mol. The number of phenols is 1. The second-order valence-electron chi connectivity index (χ2n) is 5.30. The summed E-state index contributed by atoms with van der Waals surface area (Å²) in [4.78, 5) is 0.853. The van der Waals surface area contributed by atoms with Gasteiger partial charge in [-0.05, 0) is 48.5 Å². The normalized spacial score (nSPS) is 12.1. The monoisotopic (exact) mass is 453 g/mol. The first-order valence-electron chi connectivity index (χ1n) is 7.77. The quantitative estimate of drug-likeness (QED) is 0.200. The number of hydrogen-bond acceptors (Lipinski definition) is 7. The van der Waals surface area contributed by atoms with Gasteiger partial charge in [0.2, 0.25) is 0 Å². The topological polar surface area (TPSA) is 116 Å². The summed E-state index contributed by atoms with van der Waals surface area (Å²) in [7, 11) is -2.47. The third-order valence-corrected chi connectivity index (χ3v) is 5.17. The smallest absolute Gasteiger partial charge is 0.437 e. The number of phenolic OH excluding ortho intramolecular Hbond substituents is 1. The molecule has 0 heterocycles. The Kier molecular flexibility index (Phi) is 9.27. The molecule has 0 atom stereocenters. The molecule has 0 saturated carbocycles. The van der Waals surface area contributed by atoms with E-state index in [0.29, 0.717) is 11.5 Å². The highest BCUT2D eigenvalue weighted by Crippen LogP contribution is 2.24. The van der Waals surface area contributed by atoms with Crippen LogP contribution in [0.1, 0.15) is 5.56 Å². The number of nitrogens with zero attached hydrogens (tertiary/aromatic N) is 1. The van der Waals surface area contributed by atoms with Crippen molar-refractivity contribution in [3.8, 4) is 11.5 Å². The average Bonchev–Trinajstić information content (AvgIpc) is 2.63. The van der Waals surface area contributed by atoms with Crippen LogP contribution >= 0.6 is 11.8 Å². The van der Waals surface area contributed by atoms with Gasteiger partial charge in [-0.25, -0.2) is 0 Å². The van der Waals surface area contributed by atoms with Gasteiger partial charge in [-0.15, -0.1) is 11.8 Å². The molecule has 0 bridgehead atoms. The molecule has 3 N–H and O–H groups in total. The summed E-state index contributed by atoms with van der Waals surface area (Å²) in [5, 5.41) is 19.5. The molecule has 0 fully saturated rings. The zero-order valence-electron chi connectivity index (χ0n) is 15.0. The van der Waals surface area contributed by atoms with Gasteiger partial charge in [-0.2, -0.15) is 21.6 Å². The third-order valence-electron chi connectivity index (χ3n) is 3.18. The molecule has 0 spiro atoms. The van der Waals surface area contributed by atoms with Crippen LogP contribution in [-0.2, 0) is 10.1 Å². The highest BCUT2D eigenvalue weighted by molar-refractivity contribution is 8.00. The number of hydrogen-bond donors (Lipinski definition) is 3. The van der Waals surface area contributed by atoms with Crippen molar-refractivity contribution in [3.63, 3.8) is 0 Å². The first kappa shape index (κ1) is 24.6. The number of rotatable bonds is 6. The predicted molar refractivity (Wildman–Crippen MR) is 103 cm³/mol. The third kappa shape index (κ3) is 9.54. The van der Waals surface area contributed by atoms with Crippen LogP contribution in [0.3, 0.4) is 0 Å². The lowest BCUT2D eigenvalue weighted by Crippen LogP contribution is -2.23. The van der Waals surface area contributed by atoms with Crippen molar-refractivity contribution < 1.29 is 41.2 Å². The van der Waals surface area contributed by atoms with Crippen LogP contribution in [-0.4, -0.2) is 53.8 Å². The Balaban J connectivity index is 0.000000291. The number of aromatic hydroxyl groups is 1. The molecule has 0 aliphatic heterocycles. The van der Waals surface area contributed by atoms with Crippen molar-refractivity contribution in [2.75, 3.05) is 18.6 Å². The van der Waals surface area contributed by atoms with Gasteiger partial charge in [0, 0.05) is 16.2 Å². The summed E-state index contributed by atoms with van der Waals surface area (Å²) in [6, 6.07) is 11.5. The van der Waals surface area contributed by atoms with Crippen LogP contribution in [0, 0.1) is 0 Å². The van der Waals surface area contributed by atoms with Crippen LogP contribution in [0.2, 0.25) is 0 Å². The van der Waals surface area contributed by atoms with E-state index in [9.17, 15) is 21.6 Å². The molecule has 29 heavy (non-hydrogen) atoms. The summed E-state index contributed by atoms with van der Waals surface area (Å²) in [6.07, 6.45) is -4.68. The van der Waals surface area contributed by atoms with Gasteiger partial charge in [-0.3, -0.25) is 4.55 Å². The Morgan fingerprint density at radius 2 is 1.66 bits per heavy atom. The number of thioether (sulfide) groups is 1. The van der Waals surface area contributed by atoms with E-state index < -0.39 is 22.0 Å². The number of ether oxygens (including phenoxy) is 1. The molecular weight excluding hydrogens is 435 g/mol. The van der Waals surface area contributed by atoms with Crippen LogP contribution in [0.4, 0.5) is 13.2 Å². The predicted octanol–water partition coefficient (Wildman–Crippen LogP) is 3.81. The van der Waals surface area contributed by atoms with E-state index in [0.717, 1.165) is 4.90 Å². The Morgan fingerprint density at radius 1 is 1.10 bits per heavy atom. The van der Waals surface area contributed by atoms with Gasteiger partial charge < -0.3 is 15.1 Å². The highest BCUT2D eigenvalue weighted by Gasteiger charge is 2.37. The van der Waals surface area contributed by atoms with Gasteiger partial charge in [0.05, 0.1) is 12.9 Å². The molecule has 12 heteroatoms. The molecule has 0 unspecified atom stereocenters. The number of halogens is 3. The molecule has 2 aromatic rings. The maximum atomic E-state index is 12.3. The fraction of sp³-hybridized carbons (Fsp3) is 0.235. The zero-order valence-corrected chi connectivity index (χ0v) is 16.6. The van der Waals surface area contributed by atoms with E-state index >= 15 is 0 Å². The summed E-state index contributed by atoms with van der Waals surface area (Å²) in [6.45, 7) is 0. The molecule has 0 aliphatic rings. The molecule has 0 radical (unpaired) electrons. The van der Waals surface area contributed by atoms with Crippen LogP contribution in [0.5, 0.6) is 11.5 Å². The summed E-state index contributed by atoms with van der Waals surface area (Å²) >= 11 is 1.31. The lowest BCUT2D eigenvalue weighted by atomic mass is 10.1. The molecule has 0 aliphatic carbocycles. The summed E-state index contributed by atoms with van der Waals surface area (Å²) < 4.78 is 70.8. The second-order valence-corrected chi connectivity index (χ2v) is 8.04. The fourth-order valence-electron chi connectivity index (χ4n) is 1.83. The summed E-state index contributed by atoms with van der Waals surface area (Å²) in [5.74, 6) is 0.629. The van der Waals surface area contributed by atoms with Gasteiger partial charge in [-0.1, -0.05) is 5.16 Å². The molecular formula is C17H18F3NO6S2. The van der Waals surface area contributed by atoms with Crippen molar-refractivity contribution in [2.24, 2.45) is 5.16 Å². The molecule has 0 amide bonds. The van der Waals surface area contributed by atoms with Crippen molar-refractivity contribution in [1.82, 2.24) is 0 Å². The fourth-order valence-corrected chi connectivity index (χ4v) is 3.57. The largest absolute Gasteiger partial charge is 0.508 e. The van der Waals surface area contributed by atoms with Crippen LogP contribution < -0.4 is 4.74 Å². The standard InChI is InChI=1S/C9H8F3NO2.C8H10O4S2/c1-15-7-4-2-6(3-5-7)8(13-14)9(10,11)12;9-7-1-3-8(4-2-7)13-5-6-14(10,11)12/h2-5,14H,1H3;1-4,9H,5-6H2,(H,10,11,12). The van der Waals surface area contributed by atoms with E-state index in [1.807, 2.05) is 0 Å². The lowest BCUT2D eigenvalue weighted by molar-refractivity contribution is -0.0601. The van der Waals surface area contributed by atoms with E-state index in [4.69, 9.17) is 19.6 Å². The Bertz CT molecular complexity index is 898. The molecule has 0 aromatic heterocycles. The highest BCUT2D eigenvalue weighted by atomic mass is 32.2. The Hall–Kier alpha value is -2.44. The van der Waals surface area contributed by atoms with Crippen molar-refractivity contribution in [3.05, 3.63) is 54.1 Å². The number of benzene rings is 2. The first-order chi connectivity index (χ1) is 13.5. The number of alkyl halides is 3. The van der Waals surface area contributed by atoms with Crippen LogP contribution in [0.25, 0.3) is 0 Å². The lowest BCUT2D eigenvalue weighted by Gasteiger charge is -2.08. The second kappa shape index (κ2) is 10.9. The minimum Gasteiger partial charge on any atom is -0.508 e. The minimum absolute atomic E-state index is 0.170. The van der Waals surface area contributed by atoms with Crippen molar-refractivity contribution >= 4 is 27.6 Å². The maximum Gasteiger partial charge on any atom is 0.437 e. The van der Waals surface area contributed by atoms with Crippen molar-refractivity contribution in [1.29, 1.82) is 0 Å². The van der Waals surface area contributed by atoms with E-state index in [1.165, 1.54) is 55.3 Å². The Morgan fingerprint density at radius 3 is 2.07 bits per heavy atom. The molecule has 2 rings (SSSR count). The minimum atomic E-state index is -4.68. The SMILES string of the molecule is COc1ccc(C(=NO)C(F)(F)F)cc1.O=S(=O)(O)CCSc1ccc(O)cc1. The van der Waals surface area contributed by atoms with Gasteiger partial charge in [0.25, 0.3) is 10.1 Å². The maximum absolute atomic E-state index is 12.3. The van der Waals surface area contributed by atoms with E-state index in [2.05, 4.69) is 5.16 Å². The first-order valence-corrected chi connectivity index (χ1v) is 10.4. The molecule has 7 nitrogen and oxygen atoms in total.